The molecule has 256 valence electrons. The molecule has 2 aromatic carbocycles. The average molecular weight is 676 g/mol. The van der Waals surface area contributed by atoms with Crippen molar-refractivity contribution >= 4 is 28.0 Å². The summed E-state index contributed by atoms with van der Waals surface area (Å²) in [6.07, 6.45) is 3.93. The van der Waals surface area contributed by atoms with Crippen LogP contribution in [0.4, 0.5) is 10.7 Å². The number of hydrogen-bond acceptors (Lipinski definition) is 8. The maximum Gasteiger partial charge on any atom is 0.407 e. The number of methoxy groups -OCH3 is 1. The third-order valence-corrected chi connectivity index (χ3v) is 11.1. The Labute approximate surface area is 282 Å². The molecule has 2 N–H and O–H groups in total. The second-order valence-corrected chi connectivity index (χ2v) is 16.7. The van der Waals surface area contributed by atoms with Gasteiger partial charge in [-0.2, -0.15) is 4.98 Å². The Balaban J connectivity index is 1.35. The molecular formula is C36H45N5O6S. The van der Waals surface area contributed by atoms with Gasteiger partial charge in [0.25, 0.3) is 15.9 Å². The molecule has 3 aliphatic rings. The van der Waals surface area contributed by atoms with Crippen LogP contribution in [0.5, 0.6) is 5.88 Å². The van der Waals surface area contributed by atoms with E-state index in [0.29, 0.717) is 24.2 Å². The Hall–Kier alpha value is -4.19. The number of hydrogen-bond donors (Lipinski definition) is 2. The Morgan fingerprint density at radius 3 is 2.42 bits per heavy atom. The number of amides is 2. The van der Waals surface area contributed by atoms with E-state index in [0.717, 1.165) is 42.4 Å². The van der Waals surface area contributed by atoms with Crippen molar-refractivity contribution in [3.8, 4) is 17.1 Å². The first kappa shape index (κ1) is 33.7. The molecule has 1 spiro atoms. The van der Waals surface area contributed by atoms with Crippen LogP contribution in [0.3, 0.4) is 0 Å². The van der Waals surface area contributed by atoms with Crippen LogP contribution in [-0.2, 0) is 14.8 Å². The number of carbonyl (C=O) groups excluding carboxylic acids is 2. The number of ether oxygens (including phenoxy) is 2. The fourth-order valence-electron chi connectivity index (χ4n) is 7.80. The van der Waals surface area contributed by atoms with Gasteiger partial charge in [0.2, 0.25) is 11.8 Å². The van der Waals surface area contributed by atoms with Crippen molar-refractivity contribution in [2.75, 3.05) is 25.0 Å². The first-order valence-electron chi connectivity index (χ1n) is 16.5. The van der Waals surface area contributed by atoms with Crippen LogP contribution in [0.25, 0.3) is 11.3 Å². The maximum absolute atomic E-state index is 14.4. The van der Waals surface area contributed by atoms with Gasteiger partial charge in [0.1, 0.15) is 6.61 Å². The number of benzene rings is 2. The number of fused-ring (bicyclic) bond motifs is 4. The zero-order valence-electron chi connectivity index (χ0n) is 28.5. The third kappa shape index (κ3) is 7.13. The Morgan fingerprint density at radius 2 is 1.75 bits per heavy atom. The zero-order valence-corrected chi connectivity index (χ0v) is 29.3. The van der Waals surface area contributed by atoms with E-state index < -0.39 is 16.1 Å². The normalized spacial score (nSPS) is 24.8. The first-order valence-corrected chi connectivity index (χ1v) is 18.0. The van der Waals surface area contributed by atoms with Crippen LogP contribution in [0.15, 0.2) is 53.4 Å². The highest BCUT2D eigenvalue weighted by atomic mass is 32.2. The number of nitrogens with one attached hydrogen (secondary N) is 2. The van der Waals surface area contributed by atoms with Crippen LogP contribution in [0, 0.1) is 30.6 Å². The van der Waals surface area contributed by atoms with Gasteiger partial charge in [-0.15, -0.1) is 0 Å². The molecular weight excluding hydrogens is 630 g/mol. The zero-order chi connectivity index (χ0) is 34.4. The third-order valence-electron chi connectivity index (χ3n) is 9.79. The molecule has 4 bridgehead atoms. The van der Waals surface area contributed by atoms with Crippen molar-refractivity contribution in [3.63, 3.8) is 0 Å². The highest BCUT2D eigenvalue weighted by Crippen LogP contribution is 2.59. The summed E-state index contributed by atoms with van der Waals surface area (Å²) in [5, 5.41) is 2.90. The van der Waals surface area contributed by atoms with Crippen molar-refractivity contribution in [2.24, 2.45) is 16.7 Å². The van der Waals surface area contributed by atoms with Gasteiger partial charge in [-0.05, 0) is 92.0 Å². The molecule has 6 rings (SSSR count). The summed E-state index contributed by atoms with van der Waals surface area (Å²) in [5.74, 6) is 0.142. The van der Waals surface area contributed by atoms with Crippen LogP contribution < -0.4 is 14.8 Å². The van der Waals surface area contributed by atoms with E-state index in [4.69, 9.17) is 9.47 Å². The van der Waals surface area contributed by atoms with E-state index in [1.54, 1.807) is 18.2 Å². The van der Waals surface area contributed by atoms with Crippen molar-refractivity contribution in [1.82, 2.24) is 20.2 Å². The summed E-state index contributed by atoms with van der Waals surface area (Å²) in [6, 6.07) is 13.6. The molecule has 2 aliphatic carbocycles. The van der Waals surface area contributed by atoms with E-state index in [2.05, 4.69) is 40.8 Å². The summed E-state index contributed by atoms with van der Waals surface area (Å²) in [6.45, 7) is 11.1. The first-order chi connectivity index (χ1) is 22.6. The topological polar surface area (TPSA) is 140 Å². The van der Waals surface area contributed by atoms with Gasteiger partial charge in [0, 0.05) is 29.8 Å². The number of sulfonamides is 1. The monoisotopic (exact) mass is 675 g/mol. The van der Waals surface area contributed by atoms with Crippen molar-refractivity contribution in [1.29, 1.82) is 0 Å². The Bertz CT molecular complexity index is 1800. The minimum Gasteiger partial charge on any atom is -0.475 e. The van der Waals surface area contributed by atoms with Gasteiger partial charge < -0.3 is 19.7 Å². The highest BCUT2D eigenvalue weighted by molar-refractivity contribution is 7.92. The second kappa shape index (κ2) is 12.7. The van der Waals surface area contributed by atoms with Gasteiger partial charge in [0.05, 0.1) is 23.7 Å². The molecule has 12 heteroatoms. The molecule has 2 heterocycles. The molecule has 1 atom stereocenters. The van der Waals surface area contributed by atoms with Gasteiger partial charge in [-0.1, -0.05) is 45.0 Å². The number of carbonyl (C=O) groups is 2. The molecule has 0 saturated heterocycles. The number of aryl methyl sites for hydroxylation is 2. The van der Waals surface area contributed by atoms with E-state index >= 15 is 0 Å². The van der Waals surface area contributed by atoms with Gasteiger partial charge in [0.15, 0.2) is 0 Å². The summed E-state index contributed by atoms with van der Waals surface area (Å²) >= 11 is 0. The summed E-state index contributed by atoms with van der Waals surface area (Å²) in [5.41, 5.74) is 3.70. The lowest BCUT2D eigenvalue weighted by molar-refractivity contribution is -0.0612. The predicted octanol–water partition coefficient (Wildman–Crippen LogP) is 6.12. The number of anilines is 1. The van der Waals surface area contributed by atoms with Crippen LogP contribution in [0.1, 0.15) is 74.4 Å². The number of aromatic nitrogens is 2. The Morgan fingerprint density at radius 1 is 1.06 bits per heavy atom. The number of nitrogens with zero attached hydrogens (tertiary/aromatic N) is 3. The van der Waals surface area contributed by atoms with Crippen LogP contribution in [-0.4, -0.2) is 67.6 Å². The Kier molecular flexibility index (Phi) is 8.91. The molecule has 11 nitrogen and oxygen atoms in total. The molecule has 3 aromatic rings. The van der Waals surface area contributed by atoms with Crippen molar-refractivity contribution in [3.05, 3.63) is 65.2 Å². The second-order valence-electron chi connectivity index (χ2n) is 15.0. The molecule has 48 heavy (non-hydrogen) atoms. The van der Waals surface area contributed by atoms with Gasteiger partial charge in [-0.25, -0.2) is 22.9 Å². The molecule has 2 amide bonds. The lowest BCUT2D eigenvalue weighted by atomic mass is 9.50. The standard InChI is InChI=1S/C36H45N5O6S/c1-22-9-7-10-23(2)31(22)29-14-30-39-33(38-29)40-48(44,45)28-12-8-11-25(13-28)32(42)41(27(21-47-30)19-35(3,4)5)20-24-15-36(16-24)17-26(18-36)37-34(43)46-6/h7-14,24,26-27H,15-21H2,1-6H3,(H,37,43)(H,38,39,40)/t24?,26?,27-,36?/m1/s1. The summed E-state index contributed by atoms with van der Waals surface area (Å²) in [7, 11) is -2.78. The molecule has 1 aliphatic heterocycles. The molecule has 2 saturated carbocycles. The van der Waals surface area contributed by atoms with E-state index in [9.17, 15) is 18.0 Å². The smallest absolute Gasteiger partial charge is 0.407 e. The summed E-state index contributed by atoms with van der Waals surface area (Å²) < 4.78 is 41.0. The number of rotatable bonds is 5. The fraction of sp³-hybridized carbons (Fsp3) is 0.500. The molecule has 0 radical (unpaired) electrons. The minimum absolute atomic E-state index is 0.0512. The van der Waals surface area contributed by atoms with Gasteiger partial charge in [-0.3, -0.25) is 4.79 Å². The molecule has 2 fully saturated rings. The summed E-state index contributed by atoms with van der Waals surface area (Å²) in [4.78, 5) is 37.0. The number of alkyl carbamates (subject to hydrolysis) is 1. The van der Waals surface area contributed by atoms with Crippen molar-refractivity contribution in [2.45, 2.75) is 83.7 Å². The van der Waals surface area contributed by atoms with Crippen molar-refractivity contribution < 1.29 is 27.5 Å². The minimum atomic E-state index is -4.14. The largest absolute Gasteiger partial charge is 0.475 e. The molecule has 0 unspecified atom stereocenters. The van der Waals surface area contributed by atoms with Crippen LogP contribution >= 0.6 is 0 Å². The SMILES string of the molecule is COC(=O)NC1CC2(CC(CN3C(=O)c4cccc(c4)S(=O)(=O)Nc4nc(cc(-c5c(C)cccc5C)n4)OC[C@H]3CC(C)(C)C)C2)C1. The van der Waals surface area contributed by atoms with Crippen LogP contribution in [0.2, 0.25) is 0 Å². The van der Waals surface area contributed by atoms with E-state index in [1.807, 2.05) is 36.9 Å². The predicted molar refractivity (Wildman–Crippen MR) is 182 cm³/mol. The van der Waals surface area contributed by atoms with Gasteiger partial charge >= 0.3 is 6.09 Å². The lowest BCUT2D eigenvalue weighted by Crippen LogP contribution is -2.58. The van der Waals surface area contributed by atoms with E-state index in [-0.39, 0.29) is 58.1 Å². The quantitative estimate of drug-likeness (QED) is 0.330. The highest BCUT2D eigenvalue weighted by Gasteiger charge is 2.54. The lowest BCUT2D eigenvalue weighted by Gasteiger charge is -2.58. The fourth-order valence-corrected chi connectivity index (χ4v) is 8.79. The maximum atomic E-state index is 14.4. The average Bonchev–Trinajstić information content (AvgIpc) is 2.98. The van der Waals surface area contributed by atoms with E-state index in [1.165, 1.54) is 19.2 Å². The molecule has 1 aromatic heterocycles.